The van der Waals surface area contributed by atoms with Crippen LogP contribution < -0.4 is 10.5 Å². The van der Waals surface area contributed by atoms with Crippen LogP contribution in [0.5, 0.6) is 5.88 Å². The Balaban J connectivity index is 2.00. The van der Waals surface area contributed by atoms with Crippen molar-refractivity contribution in [1.82, 2.24) is 9.78 Å². The largest absolute Gasteiger partial charge is 0.422 e. The van der Waals surface area contributed by atoms with Crippen LogP contribution in [-0.4, -0.2) is 9.78 Å². The van der Waals surface area contributed by atoms with E-state index in [4.69, 9.17) is 10.5 Å². The fraction of sp³-hybridized carbons (Fsp3) is 0.100. The molecule has 1 aliphatic rings. The lowest BCUT2D eigenvalue weighted by molar-refractivity contribution is 0.366. The smallest absolute Gasteiger partial charge is 0.229 e. The lowest BCUT2D eigenvalue weighted by Crippen LogP contribution is -2.22. The van der Waals surface area contributed by atoms with E-state index in [0.717, 1.165) is 5.69 Å². The Morgan fingerprint density at radius 3 is 2.70 bits per heavy atom. The highest BCUT2D eigenvalue weighted by molar-refractivity contribution is 9.10. The van der Waals surface area contributed by atoms with Gasteiger partial charge < -0.3 is 10.5 Å². The Kier molecular flexibility index (Phi) is 4.21. The molecule has 0 bridgehead atoms. The van der Waals surface area contributed by atoms with Crippen LogP contribution in [0.25, 0.3) is 5.69 Å². The van der Waals surface area contributed by atoms with Gasteiger partial charge in [-0.05, 0) is 37.3 Å². The molecule has 0 radical (unpaired) electrons. The number of aryl methyl sites for hydroxylation is 1. The van der Waals surface area contributed by atoms with Gasteiger partial charge in [0.1, 0.15) is 17.5 Å². The number of para-hydroxylation sites is 1. The average Bonchev–Trinajstić information content (AvgIpc) is 2.99. The van der Waals surface area contributed by atoms with Gasteiger partial charge in [-0.2, -0.15) is 10.4 Å². The number of nitrogens with two attached hydrogens (primary N) is 1. The normalized spacial score (nSPS) is 15.9. The lowest BCUT2D eigenvalue weighted by Gasteiger charge is -2.25. The highest BCUT2D eigenvalue weighted by atomic mass is 79.9. The van der Waals surface area contributed by atoms with Gasteiger partial charge in [0.2, 0.25) is 11.8 Å². The van der Waals surface area contributed by atoms with Gasteiger partial charge in [0, 0.05) is 10.0 Å². The average molecular weight is 425 g/mol. The van der Waals surface area contributed by atoms with Crippen LogP contribution in [-0.2, 0) is 0 Å². The summed E-state index contributed by atoms with van der Waals surface area (Å²) in [7, 11) is 0. The van der Waals surface area contributed by atoms with Gasteiger partial charge in [-0.25, -0.2) is 9.07 Å². The molecule has 0 aliphatic carbocycles. The molecule has 0 spiro atoms. The number of hydrogen-bond acceptors (Lipinski definition) is 4. The molecule has 5 nitrogen and oxygen atoms in total. The van der Waals surface area contributed by atoms with Crippen molar-refractivity contribution in [3.8, 4) is 17.6 Å². The number of hydrogen-bond donors (Lipinski definition) is 1. The molecule has 0 saturated carbocycles. The zero-order chi connectivity index (χ0) is 19.1. The molecule has 4 rings (SSSR count). The van der Waals surface area contributed by atoms with Gasteiger partial charge >= 0.3 is 0 Å². The second-order valence-electron chi connectivity index (χ2n) is 6.14. The molecule has 0 unspecified atom stereocenters. The van der Waals surface area contributed by atoms with E-state index in [1.54, 1.807) is 23.7 Å². The number of benzene rings is 2. The first-order valence-electron chi connectivity index (χ1n) is 8.18. The molecule has 2 aromatic carbocycles. The van der Waals surface area contributed by atoms with E-state index in [-0.39, 0.29) is 11.5 Å². The molecule has 3 aromatic rings. The van der Waals surface area contributed by atoms with E-state index in [2.05, 4.69) is 27.1 Å². The Morgan fingerprint density at radius 1 is 1.26 bits per heavy atom. The molecule has 1 aromatic heterocycles. The molecular weight excluding hydrogens is 411 g/mol. The maximum absolute atomic E-state index is 14.7. The van der Waals surface area contributed by atoms with Crippen LogP contribution in [0.15, 0.2) is 64.5 Å². The monoisotopic (exact) mass is 424 g/mol. The number of fused-ring (bicyclic) bond motifs is 1. The Hall–Kier alpha value is -3.11. The predicted octanol–water partition coefficient (Wildman–Crippen LogP) is 4.30. The van der Waals surface area contributed by atoms with Gasteiger partial charge in [0.05, 0.1) is 22.9 Å². The first-order chi connectivity index (χ1) is 13.0. The van der Waals surface area contributed by atoms with Gasteiger partial charge in [-0.1, -0.05) is 34.1 Å². The molecular formula is C20H14BrFN4O. The molecule has 0 fully saturated rings. The first-order valence-corrected chi connectivity index (χ1v) is 8.98. The van der Waals surface area contributed by atoms with Crippen molar-refractivity contribution in [2.45, 2.75) is 12.8 Å². The fourth-order valence-corrected chi connectivity index (χ4v) is 3.68. The number of allylic oxidation sites excluding steroid dienone is 1. The summed E-state index contributed by atoms with van der Waals surface area (Å²) in [5, 5.41) is 14.2. The van der Waals surface area contributed by atoms with E-state index >= 15 is 0 Å². The summed E-state index contributed by atoms with van der Waals surface area (Å²) < 4.78 is 22.8. The van der Waals surface area contributed by atoms with Crippen LogP contribution in [0.4, 0.5) is 4.39 Å². The van der Waals surface area contributed by atoms with E-state index in [1.165, 1.54) is 6.07 Å². The molecule has 0 amide bonds. The number of nitrogens with zero attached hydrogens (tertiary/aromatic N) is 3. The first kappa shape index (κ1) is 17.3. The van der Waals surface area contributed by atoms with Gasteiger partial charge in [-0.15, -0.1) is 0 Å². The summed E-state index contributed by atoms with van der Waals surface area (Å²) in [6.07, 6.45) is 0. The molecule has 7 heteroatoms. The van der Waals surface area contributed by atoms with E-state index in [1.807, 2.05) is 30.3 Å². The van der Waals surface area contributed by atoms with Crippen LogP contribution in [0.1, 0.15) is 22.7 Å². The van der Waals surface area contributed by atoms with Gasteiger partial charge in [0.15, 0.2) is 0 Å². The van der Waals surface area contributed by atoms with Gasteiger partial charge in [-0.3, -0.25) is 0 Å². The third-order valence-electron chi connectivity index (χ3n) is 4.50. The Labute approximate surface area is 163 Å². The molecule has 2 heterocycles. The highest BCUT2D eigenvalue weighted by Gasteiger charge is 2.37. The molecule has 1 aliphatic heterocycles. The summed E-state index contributed by atoms with van der Waals surface area (Å²) >= 11 is 3.37. The van der Waals surface area contributed by atoms with Crippen LogP contribution >= 0.6 is 15.9 Å². The Bertz CT molecular complexity index is 1120. The summed E-state index contributed by atoms with van der Waals surface area (Å²) in [5.41, 5.74) is 8.58. The molecule has 2 N–H and O–H groups in total. The van der Waals surface area contributed by atoms with E-state index < -0.39 is 11.7 Å². The summed E-state index contributed by atoms with van der Waals surface area (Å²) in [5.74, 6) is -0.789. The summed E-state index contributed by atoms with van der Waals surface area (Å²) in [6, 6.07) is 16.1. The number of aromatic nitrogens is 2. The highest BCUT2D eigenvalue weighted by Crippen LogP contribution is 2.45. The van der Waals surface area contributed by atoms with Crippen molar-refractivity contribution in [3.05, 3.63) is 87.1 Å². The molecule has 134 valence electrons. The van der Waals surface area contributed by atoms with Crippen molar-refractivity contribution in [3.63, 3.8) is 0 Å². The topological polar surface area (TPSA) is 76.9 Å². The minimum Gasteiger partial charge on any atom is -0.422 e. The van der Waals surface area contributed by atoms with E-state index in [0.29, 0.717) is 27.2 Å². The molecule has 0 saturated heterocycles. The molecule has 1 atom stereocenters. The number of nitriles is 1. The predicted molar refractivity (Wildman–Crippen MR) is 102 cm³/mol. The summed E-state index contributed by atoms with van der Waals surface area (Å²) in [6.45, 7) is 1.81. The van der Waals surface area contributed by atoms with Crippen LogP contribution in [0.3, 0.4) is 0 Å². The maximum atomic E-state index is 14.7. The maximum Gasteiger partial charge on any atom is 0.229 e. The zero-order valence-corrected chi connectivity index (χ0v) is 15.9. The van der Waals surface area contributed by atoms with Crippen molar-refractivity contribution in [2.24, 2.45) is 5.73 Å². The van der Waals surface area contributed by atoms with E-state index in [9.17, 15) is 9.65 Å². The third-order valence-corrected chi connectivity index (χ3v) is 5.00. The van der Waals surface area contributed by atoms with Gasteiger partial charge in [0.25, 0.3) is 0 Å². The summed E-state index contributed by atoms with van der Waals surface area (Å²) in [4.78, 5) is 0. The minimum absolute atomic E-state index is 0.0496. The van der Waals surface area contributed by atoms with Crippen LogP contribution in [0.2, 0.25) is 0 Å². The van der Waals surface area contributed by atoms with Crippen molar-refractivity contribution in [2.75, 3.05) is 0 Å². The van der Waals surface area contributed by atoms with Crippen molar-refractivity contribution in [1.29, 1.82) is 5.26 Å². The van der Waals surface area contributed by atoms with Crippen molar-refractivity contribution >= 4 is 15.9 Å². The number of halogens is 2. The number of rotatable bonds is 2. The van der Waals surface area contributed by atoms with Crippen molar-refractivity contribution < 1.29 is 9.13 Å². The Morgan fingerprint density at radius 2 is 2.00 bits per heavy atom. The SMILES string of the molecule is Cc1nn(-c2ccccc2)c2c1[C@H](c1cc(Br)ccc1F)C(C#N)=C(N)O2. The second-order valence-corrected chi connectivity index (χ2v) is 7.06. The lowest BCUT2D eigenvalue weighted by atomic mass is 9.84. The standard InChI is InChI=1S/C20H14BrFN4O/c1-11-17-18(14-9-12(21)7-8-16(14)22)15(10-23)19(24)27-20(17)26(25-11)13-5-3-2-4-6-13/h2-9,18H,24H2,1H3/t18-/m1/s1. The van der Waals surface area contributed by atoms with Crippen LogP contribution in [0, 0.1) is 24.1 Å². The zero-order valence-electron chi connectivity index (χ0n) is 14.3. The second kappa shape index (κ2) is 6.56. The molecule has 27 heavy (non-hydrogen) atoms. The minimum atomic E-state index is -0.700. The fourth-order valence-electron chi connectivity index (χ4n) is 3.31. The number of ether oxygens (including phenoxy) is 1. The quantitative estimate of drug-likeness (QED) is 0.664. The third kappa shape index (κ3) is 2.78.